The van der Waals surface area contributed by atoms with E-state index in [4.69, 9.17) is 4.99 Å². The SMILES string of the molecule is CCNC(=NCCCNC(=O)c1ccccc1)N1CCCC(C)C1. The highest BCUT2D eigenvalue weighted by molar-refractivity contribution is 5.94. The van der Waals surface area contributed by atoms with E-state index in [0.29, 0.717) is 12.1 Å². The van der Waals surface area contributed by atoms with Crippen molar-refractivity contribution in [3.05, 3.63) is 35.9 Å². The molecule has 1 fully saturated rings. The van der Waals surface area contributed by atoms with Crippen molar-refractivity contribution in [3.8, 4) is 0 Å². The summed E-state index contributed by atoms with van der Waals surface area (Å²) < 4.78 is 0. The van der Waals surface area contributed by atoms with Crippen LogP contribution in [0.3, 0.4) is 0 Å². The van der Waals surface area contributed by atoms with Gasteiger partial charge in [-0.05, 0) is 44.2 Å². The zero-order valence-electron chi connectivity index (χ0n) is 14.9. The van der Waals surface area contributed by atoms with E-state index in [0.717, 1.165) is 44.5 Å². The third-order valence-corrected chi connectivity index (χ3v) is 4.21. The van der Waals surface area contributed by atoms with E-state index in [1.807, 2.05) is 30.3 Å². The van der Waals surface area contributed by atoms with E-state index in [2.05, 4.69) is 29.4 Å². The summed E-state index contributed by atoms with van der Waals surface area (Å²) in [7, 11) is 0. The molecule has 1 atom stereocenters. The van der Waals surface area contributed by atoms with Crippen LogP contribution in [0.4, 0.5) is 0 Å². The minimum absolute atomic E-state index is 0.0173. The van der Waals surface area contributed by atoms with Gasteiger partial charge in [0.1, 0.15) is 0 Å². The highest BCUT2D eigenvalue weighted by atomic mass is 16.1. The van der Waals surface area contributed by atoms with E-state index in [9.17, 15) is 4.79 Å². The van der Waals surface area contributed by atoms with Crippen LogP contribution in [-0.2, 0) is 0 Å². The van der Waals surface area contributed by atoms with Crippen molar-refractivity contribution in [3.63, 3.8) is 0 Å². The molecule has 0 bridgehead atoms. The third-order valence-electron chi connectivity index (χ3n) is 4.21. The lowest BCUT2D eigenvalue weighted by Crippen LogP contribution is -2.46. The lowest BCUT2D eigenvalue weighted by atomic mass is 10.0. The normalized spacial score (nSPS) is 18.3. The number of aliphatic imine (C=N–C) groups is 1. The Labute approximate surface area is 145 Å². The highest BCUT2D eigenvalue weighted by Gasteiger charge is 2.18. The maximum Gasteiger partial charge on any atom is 0.251 e. The van der Waals surface area contributed by atoms with E-state index >= 15 is 0 Å². The topological polar surface area (TPSA) is 56.7 Å². The first-order valence-corrected chi connectivity index (χ1v) is 9.07. The smallest absolute Gasteiger partial charge is 0.251 e. The molecule has 1 saturated heterocycles. The molecule has 0 saturated carbocycles. The first-order chi connectivity index (χ1) is 11.7. The number of piperidine rings is 1. The number of rotatable bonds is 6. The summed E-state index contributed by atoms with van der Waals surface area (Å²) in [6.07, 6.45) is 3.39. The molecular formula is C19H30N4O. The van der Waals surface area contributed by atoms with E-state index < -0.39 is 0 Å². The molecule has 0 aromatic heterocycles. The summed E-state index contributed by atoms with van der Waals surface area (Å²) in [5.74, 6) is 1.72. The average Bonchev–Trinajstić information content (AvgIpc) is 2.61. The Hall–Kier alpha value is -2.04. The fourth-order valence-corrected chi connectivity index (χ4v) is 2.97. The van der Waals surface area contributed by atoms with Crippen molar-refractivity contribution in [1.82, 2.24) is 15.5 Å². The Morgan fingerprint density at radius 3 is 2.79 bits per heavy atom. The lowest BCUT2D eigenvalue weighted by Gasteiger charge is -2.33. The molecule has 0 aliphatic carbocycles. The molecule has 5 heteroatoms. The zero-order valence-corrected chi connectivity index (χ0v) is 14.9. The van der Waals surface area contributed by atoms with Gasteiger partial charge in [0.15, 0.2) is 5.96 Å². The number of amides is 1. The largest absolute Gasteiger partial charge is 0.357 e. The number of guanidine groups is 1. The fraction of sp³-hybridized carbons (Fsp3) is 0.579. The maximum atomic E-state index is 12.0. The van der Waals surface area contributed by atoms with Crippen LogP contribution >= 0.6 is 0 Å². The van der Waals surface area contributed by atoms with Gasteiger partial charge in [-0.15, -0.1) is 0 Å². The molecule has 1 heterocycles. The van der Waals surface area contributed by atoms with Crippen LogP contribution in [0.1, 0.15) is 43.5 Å². The number of benzene rings is 1. The van der Waals surface area contributed by atoms with Crippen LogP contribution < -0.4 is 10.6 Å². The van der Waals surface area contributed by atoms with Crippen molar-refractivity contribution in [2.75, 3.05) is 32.7 Å². The number of hydrogen-bond acceptors (Lipinski definition) is 2. The Balaban J connectivity index is 1.75. The Morgan fingerprint density at radius 1 is 1.29 bits per heavy atom. The summed E-state index contributed by atoms with van der Waals surface area (Å²) >= 11 is 0. The first-order valence-electron chi connectivity index (χ1n) is 9.07. The third kappa shape index (κ3) is 5.87. The van der Waals surface area contributed by atoms with E-state index in [1.165, 1.54) is 12.8 Å². The number of nitrogens with zero attached hydrogens (tertiary/aromatic N) is 2. The van der Waals surface area contributed by atoms with Gasteiger partial charge >= 0.3 is 0 Å². The van der Waals surface area contributed by atoms with E-state index in [1.54, 1.807) is 0 Å². The maximum absolute atomic E-state index is 12.0. The second kappa shape index (κ2) is 9.96. The van der Waals surface area contributed by atoms with Gasteiger partial charge in [-0.25, -0.2) is 0 Å². The molecule has 132 valence electrons. The number of carbonyl (C=O) groups excluding carboxylic acids is 1. The molecule has 5 nitrogen and oxygen atoms in total. The number of carbonyl (C=O) groups is 1. The average molecular weight is 330 g/mol. The minimum Gasteiger partial charge on any atom is -0.357 e. The lowest BCUT2D eigenvalue weighted by molar-refractivity contribution is 0.0953. The molecule has 2 rings (SSSR count). The second-order valence-corrected chi connectivity index (χ2v) is 6.40. The molecule has 1 aromatic carbocycles. The monoisotopic (exact) mass is 330 g/mol. The molecule has 1 aromatic rings. The van der Waals surface area contributed by atoms with E-state index in [-0.39, 0.29) is 5.91 Å². The van der Waals surface area contributed by atoms with Crippen LogP contribution in [0.25, 0.3) is 0 Å². The summed E-state index contributed by atoms with van der Waals surface area (Å²) in [6, 6.07) is 9.32. The molecule has 24 heavy (non-hydrogen) atoms. The predicted octanol–water partition coefficient (Wildman–Crippen LogP) is 2.50. The van der Waals surface area contributed by atoms with Crippen molar-refractivity contribution in [2.24, 2.45) is 10.9 Å². The number of hydrogen-bond donors (Lipinski definition) is 2. The van der Waals surface area contributed by atoms with Crippen molar-refractivity contribution in [1.29, 1.82) is 0 Å². The fourth-order valence-electron chi connectivity index (χ4n) is 2.97. The van der Waals surface area contributed by atoms with Crippen LogP contribution in [0.5, 0.6) is 0 Å². The van der Waals surface area contributed by atoms with Gasteiger partial charge in [0.2, 0.25) is 0 Å². The minimum atomic E-state index is -0.0173. The quantitative estimate of drug-likeness (QED) is 0.479. The Bertz CT molecular complexity index is 529. The Kier molecular flexibility index (Phi) is 7.59. The number of nitrogens with one attached hydrogen (secondary N) is 2. The van der Waals surface area contributed by atoms with Crippen molar-refractivity contribution in [2.45, 2.75) is 33.1 Å². The van der Waals surface area contributed by atoms with Gasteiger partial charge in [-0.3, -0.25) is 9.79 Å². The first kappa shape index (κ1) is 18.3. The van der Waals surface area contributed by atoms with Crippen LogP contribution in [0.2, 0.25) is 0 Å². The van der Waals surface area contributed by atoms with Gasteiger partial charge in [0.25, 0.3) is 5.91 Å². The van der Waals surface area contributed by atoms with Crippen LogP contribution in [0, 0.1) is 5.92 Å². The van der Waals surface area contributed by atoms with Crippen molar-refractivity contribution < 1.29 is 4.79 Å². The predicted molar refractivity (Wildman–Crippen MR) is 99.3 cm³/mol. The summed E-state index contributed by atoms with van der Waals surface area (Å²) in [5, 5.41) is 6.34. The summed E-state index contributed by atoms with van der Waals surface area (Å²) in [5.41, 5.74) is 0.705. The standard InChI is InChI=1S/C19H30N4O/c1-3-20-19(23-14-7-9-16(2)15-23)22-13-8-12-21-18(24)17-10-5-4-6-11-17/h4-6,10-11,16H,3,7-9,12-15H2,1-2H3,(H,20,22)(H,21,24). The molecule has 1 aliphatic heterocycles. The molecular weight excluding hydrogens is 300 g/mol. The zero-order chi connectivity index (χ0) is 17.2. The van der Waals surface area contributed by atoms with Crippen LogP contribution in [-0.4, -0.2) is 49.5 Å². The molecule has 1 amide bonds. The molecule has 0 spiro atoms. The second-order valence-electron chi connectivity index (χ2n) is 6.40. The number of likely N-dealkylation sites (tertiary alicyclic amines) is 1. The summed E-state index contributed by atoms with van der Waals surface area (Å²) in [4.78, 5) is 19.0. The summed E-state index contributed by atoms with van der Waals surface area (Å²) in [6.45, 7) is 8.82. The van der Waals surface area contributed by atoms with Gasteiger partial charge in [0.05, 0.1) is 0 Å². The van der Waals surface area contributed by atoms with Gasteiger partial charge in [-0.1, -0.05) is 25.1 Å². The van der Waals surface area contributed by atoms with Gasteiger partial charge in [-0.2, -0.15) is 0 Å². The van der Waals surface area contributed by atoms with Gasteiger partial charge < -0.3 is 15.5 Å². The van der Waals surface area contributed by atoms with Crippen LogP contribution in [0.15, 0.2) is 35.3 Å². The van der Waals surface area contributed by atoms with Gasteiger partial charge in [0, 0.05) is 38.3 Å². The molecule has 2 N–H and O–H groups in total. The highest BCUT2D eigenvalue weighted by Crippen LogP contribution is 2.15. The molecule has 1 unspecified atom stereocenters. The Morgan fingerprint density at radius 2 is 2.08 bits per heavy atom. The molecule has 1 aliphatic rings. The molecule has 0 radical (unpaired) electrons. The van der Waals surface area contributed by atoms with Crippen molar-refractivity contribution >= 4 is 11.9 Å².